The molecular weight excluding hydrogens is 343 g/mol. The number of carbonyl (C=O) groups is 1. The predicted molar refractivity (Wildman–Crippen MR) is 85.1 cm³/mol. The van der Waals surface area contributed by atoms with Crippen molar-refractivity contribution in [3.8, 4) is 0 Å². The molecular formula is C13H8Cl2N6O2. The average Bonchev–Trinajstić information content (AvgIpc) is 2.99. The number of rotatable bonds is 3. The van der Waals surface area contributed by atoms with E-state index in [9.17, 15) is 9.59 Å². The van der Waals surface area contributed by atoms with Gasteiger partial charge in [0.15, 0.2) is 0 Å². The molecule has 0 atom stereocenters. The fourth-order valence-corrected chi connectivity index (χ4v) is 2.28. The van der Waals surface area contributed by atoms with E-state index < -0.39 is 11.5 Å². The number of hydrogen-bond acceptors (Lipinski definition) is 5. The Morgan fingerprint density at radius 1 is 1.35 bits per heavy atom. The van der Waals surface area contributed by atoms with E-state index in [4.69, 9.17) is 23.2 Å². The van der Waals surface area contributed by atoms with Crippen LogP contribution >= 0.6 is 23.2 Å². The second kappa shape index (κ2) is 6.19. The summed E-state index contributed by atoms with van der Waals surface area (Å²) in [6.45, 7) is 0. The number of fused-ring (bicyclic) bond motifs is 1. The van der Waals surface area contributed by atoms with Gasteiger partial charge in [-0.2, -0.15) is 10.2 Å². The molecule has 1 amide bonds. The number of halogens is 2. The summed E-state index contributed by atoms with van der Waals surface area (Å²) >= 11 is 12.0. The van der Waals surface area contributed by atoms with Crippen LogP contribution in [0.25, 0.3) is 5.78 Å². The number of nitrogens with zero attached hydrogens (tertiary/aromatic N) is 4. The first-order chi connectivity index (χ1) is 11.1. The number of amides is 1. The molecule has 0 fully saturated rings. The lowest BCUT2D eigenvalue weighted by atomic mass is 10.2. The standard InChI is InChI=1S/C13H8Cl2N6O2/c14-8-2-1-3-9(15)7(8)5-16-19-12(23)10-4-11(22)21-6-17-20-13(21)18-10/h1-6H,(H,18,20)(H,19,23)/b16-5+. The minimum atomic E-state index is -0.654. The summed E-state index contributed by atoms with van der Waals surface area (Å²) in [5, 5.41) is 10.7. The minimum absolute atomic E-state index is 0.0957. The quantitative estimate of drug-likeness (QED) is 0.551. The lowest BCUT2D eigenvalue weighted by molar-refractivity contribution is 0.0950. The molecule has 2 N–H and O–H groups in total. The van der Waals surface area contributed by atoms with Crippen molar-refractivity contribution in [2.24, 2.45) is 5.10 Å². The molecule has 3 aromatic rings. The van der Waals surface area contributed by atoms with Gasteiger partial charge in [-0.05, 0) is 12.1 Å². The fourth-order valence-electron chi connectivity index (χ4n) is 1.79. The Kier molecular flexibility index (Phi) is 4.09. The van der Waals surface area contributed by atoms with Gasteiger partial charge >= 0.3 is 0 Å². The second-order valence-electron chi connectivity index (χ2n) is 4.36. The maximum atomic E-state index is 12.0. The predicted octanol–water partition coefficient (Wildman–Crippen LogP) is 1.49. The molecule has 0 bridgehead atoms. The first kappa shape index (κ1) is 15.2. The number of hydrazone groups is 1. The normalized spacial score (nSPS) is 11.2. The van der Waals surface area contributed by atoms with Crippen molar-refractivity contribution in [1.82, 2.24) is 25.0 Å². The third kappa shape index (κ3) is 3.08. The Hall–Kier alpha value is -2.71. The first-order valence-electron chi connectivity index (χ1n) is 6.26. The Morgan fingerprint density at radius 3 is 2.83 bits per heavy atom. The molecule has 0 saturated heterocycles. The molecule has 0 saturated carbocycles. The molecule has 2 aromatic heterocycles. The van der Waals surface area contributed by atoms with Gasteiger partial charge in [0.2, 0.25) is 5.78 Å². The molecule has 3 rings (SSSR count). The van der Waals surface area contributed by atoms with Crippen LogP contribution in [-0.4, -0.2) is 31.7 Å². The van der Waals surface area contributed by atoms with Gasteiger partial charge < -0.3 is 0 Å². The van der Waals surface area contributed by atoms with Crippen LogP contribution in [0.5, 0.6) is 0 Å². The highest BCUT2D eigenvalue weighted by molar-refractivity contribution is 6.38. The minimum Gasteiger partial charge on any atom is -0.269 e. The van der Waals surface area contributed by atoms with Crippen LogP contribution in [0.4, 0.5) is 0 Å². The zero-order chi connectivity index (χ0) is 16.4. The number of carbonyl (C=O) groups excluding carboxylic acids is 1. The highest BCUT2D eigenvalue weighted by Gasteiger charge is 2.11. The molecule has 1 aromatic carbocycles. The van der Waals surface area contributed by atoms with Crippen LogP contribution < -0.4 is 11.0 Å². The summed E-state index contributed by atoms with van der Waals surface area (Å²) in [4.78, 5) is 27.7. The van der Waals surface area contributed by atoms with Crippen molar-refractivity contribution >= 4 is 41.1 Å². The number of H-pyrrole nitrogens is 1. The summed E-state index contributed by atoms with van der Waals surface area (Å²) in [7, 11) is 0. The van der Waals surface area contributed by atoms with E-state index in [-0.39, 0.29) is 11.5 Å². The highest BCUT2D eigenvalue weighted by Crippen LogP contribution is 2.21. The molecule has 0 aliphatic heterocycles. The zero-order valence-electron chi connectivity index (χ0n) is 11.3. The van der Waals surface area contributed by atoms with Crippen LogP contribution in [0.2, 0.25) is 10.0 Å². The summed E-state index contributed by atoms with van der Waals surface area (Å²) < 4.78 is 1.17. The maximum absolute atomic E-state index is 12.0. The summed E-state index contributed by atoms with van der Waals surface area (Å²) in [5.41, 5.74) is 2.19. The Labute approximate surface area is 138 Å². The molecule has 23 heavy (non-hydrogen) atoms. The fraction of sp³-hybridized carbons (Fsp3) is 0. The van der Waals surface area contributed by atoms with E-state index in [0.717, 1.165) is 6.07 Å². The summed E-state index contributed by atoms with van der Waals surface area (Å²) in [6.07, 6.45) is 2.58. The van der Waals surface area contributed by atoms with E-state index in [0.29, 0.717) is 15.6 Å². The SMILES string of the molecule is O=C(N/N=C/c1c(Cl)cccc1Cl)c1cc(=O)n2cn[nH]c2n1. The third-order valence-electron chi connectivity index (χ3n) is 2.88. The molecule has 0 unspecified atom stereocenters. The molecule has 0 radical (unpaired) electrons. The van der Waals surface area contributed by atoms with Crippen molar-refractivity contribution < 1.29 is 4.79 Å². The number of nitrogens with one attached hydrogen (secondary N) is 2. The largest absolute Gasteiger partial charge is 0.290 e. The lowest BCUT2D eigenvalue weighted by Crippen LogP contribution is -2.23. The van der Waals surface area contributed by atoms with Crippen LogP contribution in [0.15, 0.2) is 40.5 Å². The van der Waals surface area contributed by atoms with Gasteiger partial charge in [-0.25, -0.2) is 19.9 Å². The third-order valence-corrected chi connectivity index (χ3v) is 3.54. The molecule has 8 nitrogen and oxygen atoms in total. The molecule has 0 aliphatic carbocycles. The van der Waals surface area contributed by atoms with Gasteiger partial charge in [0, 0.05) is 11.6 Å². The van der Waals surface area contributed by atoms with Crippen molar-refractivity contribution in [2.75, 3.05) is 0 Å². The zero-order valence-corrected chi connectivity index (χ0v) is 12.8. The highest BCUT2D eigenvalue weighted by atomic mass is 35.5. The van der Waals surface area contributed by atoms with Crippen LogP contribution in [-0.2, 0) is 0 Å². The smallest absolute Gasteiger partial charge is 0.269 e. The summed E-state index contributed by atoms with van der Waals surface area (Å²) in [6, 6.07) is 6.06. The number of hydrogen-bond donors (Lipinski definition) is 2. The number of aromatic nitrogens is 4. The van der Waals surface area contributed by atoms with Gasteiger partial charge in [-0.15, -0.1) is 0 Å². The average molecular weight is 351 g/mol. The molecule has 0 spiro atoms. The van der Waals surface area contributed by atoms with E-state index >= 15 is 0 Å². The molecule has 0 aliphatic rings. The first-order valence-corrected chi connectivity index (χ1v) is 7.02. The van der Waals surface area contributed by atoms with E-state index in [2.05, 4.69) is 25.7 Å². The van der Waals surface area contributed by atoms with Gasteiger partial charge in [-0.3, -0.25) is 9.59 Å². The van der Waals surface area contributed by atoms with Crippen molar-refractivity contribution in [3.63, 3.8) is 0 Å². The molecule has 10 heteroatoms. The Bertz CT molecular complexity index is 958. The van der Waals surface area contributed by atoms with Crippen LogP contribution in [0.3, 0.4) is 0 Å². The molecule has 2 heterocycles. The van der Waals surface area contributed by atoms with Gasteiger partial charge in [0.05, 0.1) is 16.3 Å². The van der Waals surface area contributed by atoms with Gasteiger partial charge in [-0.1, -0.05) is 29.3 Å². The van der Waals surface area contributed by atoms with E-state index in [1.165, 1.54) is 16.9 Å². The van der Waals surface area contributed by atoms with E-state index in [1.54, 1.807) is 18.2 Å². The molecule has 116 valence electrons. The summed E-state index contributed by atoms with van der Waals surface area (Å²) in [5.74, 6) is -0.501. The number of aromatic amines is 1. The monoisotopic (exact) mass is 350 g/mol. The Balaban J connectivity index is 1.81. The lowest BCUT2D eigenvalue weighted by Gasteiger charge is -2.01. The van der Waals surface area contributed by atoms with Crippen LogP contribution in [0.1, 0.15) is 16.1 Å². The van der Waals surface area contributed by atoms with Crippen molar-refractivity contribution in [1.29, 1.82) is 0 Å². The number of benzene rings is 1. The maximum Gasteiger partial charge on any atom is 0.290 e. The van der Waals surface area contributed by atoms with Crippen molar-refractivity contribution in [3.05, 3.63) is 62.2 Å². The van der Waals surface area contributed by atoms with Crippen molar-refractivity contribution in [2.45, 2.75) is 0 Å². The van der Waals surface area contributed by atoms with Gasteiger partial charge in [0.25, 0.3) is 11.5 Å². The second-order valence-corrected chi connectivity index (χ2v) is 5.18. The van der Waals surface area contributed by atoms with Gasteiger partial charge in [0.1, 0.15) is 12.0 Å². The Morgan fingerprint density at radius 2 is 2.09 bits per heavy atom. The van der Waals surface area contributed by atoms with E-state index in [1.807, 2.05) is 0 Å². The topological polar surface area (TPSA) is 105 Å². The van der Waals surface area contributed by atoms with Crippen LogP contribution in [0, 0.1) is 0 Å².